The van der Waals surface area contributed by atoms with E-state index in [-0.39, 0.29) is 5.91 Å². The lowest BCUT2D eigenvalue weighted by atomic mass is 10.2. The third-order valence-corrected chi connectivity index (χ3v) is 6.66. The van der Waals surface area contributed by atoms with Crippen molar-refractivity contribution in [2.75, 3.05) is 23.3 Å². The fourth-order valence-corrected chi connectivity index (χ4v) is 5.20. The molecule has 4 rings (SSSR count). The molecule has 0 aliphatic rings. The highest BCUT2D eigenvalue weighted by Gasteiger charge is 2.17. The Morgan fingerprint density at radius 2 is 2.07 bits per heavy atom. The monoisotopic (exact) mass is 432 g/mol. The summed E-state index contributed by atoms with van der Waals surface area (Å²) >= 11 is 9.11. The third kappa shape index (κ3) is 3.60. The van der Waals surface area contributed by atoms with Gasteiger partial charge in [0.25, 0.3) is 5.91 Å². The quantitative estimate of drug-likeness (QED) is 0.478. The van der Waals surface area contributed by atoms with Crippen LogP contribution in [0.3, 0.4) is 0 Å². The van der Waals surface area contributed by atoms with Crippen LogP contribution in [0.15, 0.2) is 36.9 Å². The minimum atomic E-state index is -0.205. The van der Waals surface area contributed by atoms with Crippen molar-refractivity contribution in [3.63, 3.8) is 0 Å². The zero-order valence-electron chi connectivity index (χ0n) is 15.2. The summed E-state index contributed by atoms with van der Waals surface area (Å²) in [6, 6.07) is 7.12. The Morgan fingerprint density at radius 3 is 2.75 bits per heavy atom. The van der Waals surface area contributed by atoms with Crippen LogP contribution in [0.25, 0.3) is 15.2 Å². The van der Waals surface area contributed by atoms with Crippen molar-refractivity contribution in [2.45, 2.75) is 13.8 Å². The Balaban J connectivity index is 1.61. The molecule has 0 spiro atoms. The largest absolute Gasteiger partial charge is 0.349 e. The van der Waals surface area contributed by atoms with E-state index in [0.717, 1.165) is 27.8 Å². The first-order chi connectivity index (χ1) is 13.6. The maximum atomic E-state index is 12.8. The number of thiazole rings is 1. The number of aromatic nitrogens is 4. The van der Waals surface area contributed by atoms with Crippen LogP contribution in [0.2, 0.25) is 5.02 Å². The number of halogens is 1. The molecule has 0 aliphatic heterocycles. The van der Waals surface area contributed by atoms with Crippen LogP contribution >= 0.6 is 34.3 Å². The van der Waals surface area contributed by atoms with E-state index in [1.54, 1.807) is 40.5 Å². The number of nitrogens with one attached hydrogen (secondary N) is 1. The van der Waals surface area contributed by atoms with Gasteiger partial charge in [-0.05, 0) is 38.1 Å². The standard InChI is InChI=1S/C18H17ClN6OS2/c1-3-24(4-2)18-23-17-15(28-18)8-14(27-17)16(26)22-12-7-11(19)5-6-13(12)25-10-20-9-21-25/h5-10H,3-4H2,1-2H3,(H,22,26). The number of carbonyl (C=O) groups is 1. The van der Waals surface area contributed by atoms with E-state index in [1.807, 2.05) is 6.07 Å². The van der Waals surface area contributed by atoms with Crippen LogP contribution in [0, 0.1) is 0 Å². The summed E-state index contributed by atoms with van der Waals surface area (Å²) in [5.74, 6) is -0.205. The first-order valence-corrected chi connectivity index (χ1v) is 10.7. The molecule has 144 valence electrons. The number of anilines is 2. The molecule has 3 heterocycles. The molecule has 0 bridgehead atoms. The van der Waals surface area contributed by atoms with E-state index in [9.17, 15) is 4.79 Å². The van der Waals surface area contributed by atoms with E-state index >= 15 is 0 Å². The third-order valence-electron chi connectivity index (χ3n) is 4.21. The lowest BCUT2D eigenvalue weighted by Gasteiger charge is -2.16. The van der Waals surface area contributed by atoms with Crippen molar-refractivity contribution in [1.82, 2.24) is 19.7 Å². The van der Waals surface area contributed by atoms with Gasteiger partial charge in [0.15, 0.2) is 5.13 Å². The molecule has 0 aliphatic carbocycles. The molecular formula is C18H17ClN6OS2. The second-order valence-corrected chi connectivity index (χ2v) is 8.38. The Morgan fingerprint density at radius 1 is 1.25 bits per heavy atom. The summed E-state index contributed by atoms with van der Waals surface area (Å²) in [7, 11) is 0. The van der Waals surface area contributed by atoms with Gasteiger partial charge in [-0.25, -0.2) is 14.6 Å². The molecule has 0 fully saturated rings. The van der Waals surface area contributed by atoms with Gasteiger partial charge in [-0.15, -0.1) is 11.3 Å². The Kier molecular flexibility index (Phi) is 5.29. The molecule has 0 atom stereocenters. The van der Waals surface area contributed by atoms with E-state index in [2.05, 4.69) is 39.1 Å². The maximum Gasteiger partial charge on any atom is 0.265 e. The van der Waals surface area contributed by atoms with Gasteiger partial charge in [0.2, 0.25) is 0 Å². The topological polar surface area (TPSA) is 75.9 Å². The number of nitrogens with zero attached hydrogens (tertiary/aromatic N) is 5. The Hall–Kier alpha value is -2.49. The van der Waals surface area contributed by atoms with Crippen LogP contribution in [0.1, 0.15) is 23.5 Å². The lowest BCUT2D eigenvalue weighted by Crippen LogP contribution is -2.21. The van der Waals surface area contributed by atoms with Crippen molar-refractivity contribution < 1.29 is 4.79 Å². The minimum Gasteiger partial charge on any atom is -0.349 e. The number of thiophene rings is 1. The average Bonchev–Trinajstić information content (AvgIpc) is 3.39. The molecule has 0 unspecified atom stereocenters. The minimum absolute atomic E-state index is 0.205. The molecule has 1 amide bonds. The molecule has 1 N–H and O–H groups in total. The van der Waals surface area contributed by atoms with Crippen molar-refractivity contribution >= 4 is 60.5 Å². The molecular weight excluding hydrogens is 416 g/mol. The molecule has 1 aromatic carbocycles. The van der Waals surface area contributed by atoms with Gasteiger partial charge in [0.1, 0.15) is 17.5 Å². The van der Waals surface area contributed by atoms with Crippen LogP contribution in [-0.2, 0) is 0 Å². The normalized spacial score (nSPS) is 11.1. The van der Waals surface area contributed by atoms with Crippen molar-refractivity contribution in [2.24, 2.45) is 0 Å². The number of rotatable bonds is 6. The first kappa shape index (κ1) is 18.9. The van der Waals surface area contributed by atoms with Gasteiger partial charge in [0.05, 0.1) is 21.0 Å². The fraction of sp³-hybridized carbons (Fsp3) is 0.222. The van der Waals surface area contributed by atoms with Crippen molar-refractivity contribution in [3.8, 4) is 5.69 Å². The molecule has 0 saturated carbocycles. The number of fused-ring (bicyclic) bond motifs is 1. The van der Waals surface area contributed by atoms with Crippen molar-refractivity contribution in [1.29, 1.82) is 0 Å². The predicted molar refractivity (Wildman–Crippen MR) is 115 cm³/mol. The van der Waals surface area contributed by atoms with Gasteiger partial charge in [-0.2, -0.15) is 5.10 Å². The summed E-state index contributed by atoms with van der Waals surface area (Å²) in [4.78, 5) is 25.1. The van der Waals surface area contributed by atoms with Crippen LogP contribution in [0.5, 0.6) is 0 Å². The zero-order chi connectivity index (χ0) is 19.7. The average molecular weight is 433 g/mol. The molecule has 4 aromatic rings. The van der Waals surface area contributed by atoms with Crippen LogP contribution < -0.4 is 10.2 Å². The van der Waals surface area contributed by atoms with E-state index < -0.39 is 0 Å². The van der Waals surface area contributed by atoms with Gasteiger partial charge in [-0.1, -0.05) is 22.9 Å². The number of carbonyl (C=O) groups excluding carboxylic acids is 1. The predicted octanol–water partition coefficient (Wildman–Crippen LogP) is 4.69. The van der Waals surface area contributed by atoms with E-state index in [1.165, 1.54) is 17.7 Å². The van der Waals surface area contributed by atoms with Crippen molar-refractivity contribution in [3.05, 3.63) is 46.8 Å². The number of hydrogen-bond acceptors (Lipinski definition) is 7. The highest BCUT2D eigenvalue weighted by Crippen LogP contribution is 2.35. The van der Waals surface area contributed by atoms with Gasteiger partial charge in [-0.3, -0.25) is 4.79 Å². The van der Waals surface area contributed by atoms with Gasteiger partial charge >= 0.3 is 0 Å². The molecule has 3 aromatic heterocycles. The molecule has 0 radical (unpaired) electrons. The van der Waals surface area contributed by atoms with E-state index in [4.69, 9.17) is 11.6 Å². The maximum absolute atomic E-state index is 12.8. The smallest absolute Gasteiger partial charge is 0.265 e. The highest BCUT2D eigenvalue weighted by molar-refractivity contribution is 7.29. The summed E-state index contributed by atoms with van der Waals surface area (Å²) in [6.45, 7) is 6.03. The highest BCUT2D eigenvalue weighted by atomic mass is 35.5. The molecule has 0 saturated heterocycles. The number of hydrogen-bond donors (Lipinski definition) is 1. The fourth-order valence-electron chi connectivity index (χ4n) is 2.79. The molecule has 10 heteroatoms. The van der Waals surface area contributed by atoms with E-state index in [0.29, 0.717) is 21.3 Å². The summed E-state index contributed by atoms with van der Waals surface area (Å²) in [5.41, 5.74) is 1.26. The van der Waals surface area contributed by atoms with Gasteiger partial charge < -0.3 is 10.2 Å². The zero-order valence-corrected chi connectivity index (χ0v) is 17.6. The number of benzene rings is 1. The summed E-state index contributed by atoms with van der Waals surface area (Å²) < 4.78 is 2.59. The summed E-state index contributed by atoms with van der Waals surface area (Å²) in [5, 5.41) is 8.57. The summed E-state index contributed by atoms with van der Waals surface area (Å²) in [6.07, 6.45) is 3.01. The first-order valence-electron chi connectivity index (χ1n) is 8.70. The molecule has 7 nitrogen and oxygen atoms in total. The number of amides is 1. The second kappa shape index (κ2) is 7.86. The Labute approximate surface area is 174 Å². The molecule has 28 heavy (non-hydrogen) atoms. The van der Waals surface area contributed by atoms with Gasteiger partial charge in [0, 0.05) is 18.1 Å². The Bertz CT molecular complexity index is 1090. The second-order valence-electron chi connectivity index (χ2n) is 5.90. The SMILES string of the molecule is CCN(CC)c1nc2sc(C(=O)Nc3cc(Cl)ccc3-n3cncn3)cc2s1. The lowest BCUT2D eigenvalue weighted by molar-refractivity contribution is 0.103. The van der Waals surface area contributed by atoms with Crippen LogP contribution in [0.4, 0.5) is 10.8 Å². The van der Waals surface area contributed by atoms with Crippen LogP contribution in [-0.4, -0.2) is 38.7 Å².